The average molecular weight is 449 g/mol. The molecule has 7 heteroatoms. The molecule has 0 aliphatic rings. The number of ether oxygens (including phenoxy) is 2. The van der Waals surface area contributed by atoms with Crippen molar-refractivity contribution in [2.45, 2.75) is 67.9 Å². The monoisotopic (exact) mass is 448 g/mol. The maximum atomic E-state index is 8.20. The van der Waals surface area contributed by atoms with Crippen LogP contribution in [0.25, 0.3) is 10.9 Å². The van der Waals surface area contributed by atoms with Gasteiger partial charge in [0.15, 0.2) is 5.17 Å². The molecule has 0 unspecified atom stereocenters. The van der Waals surface area contributed by atoms with Crippen molar-refractivity contribution in [3.8, 4) is 11.5 Å². The molecule has 0 atom stereocenters. The van der Waals surface area contributed by atoms with Crippen molar-refractivity contribution in [3.63, 3.8) is 0 Å². The van der Waals surface area contributed by atoms with Crippen LogP contribution in [0.2, 0.25) is 0 Å². The second-order valence-electron chi connectivity index (χ2n) is 8.79. The molecule has 2 aromatic rings. The van der Waals surface area contributed by atoms with E-state index in [1.165, 1.54) is 6.42 Å². The number of rotatable bonds is 4. The van der Waals surface area contributed by atoms with Gasteiger partial charge in [-0.2, -0.15) is 0 Å². The summed E-state index contributed by atoms with van der Waals surface area (Å²) < 4.78 is 10.6. The summed E-state index contributed by atoms with van der Waals surface area (Å²) in [5.41, 5.74) is 7.51. The number of fused-ring (bicyclic) bond motifs is 1. The molecule has 0 saturated heterocycles. The van der Waals surface area contributed by atoms with Gasteiger partial charge in [-0.25, -0.2) is 4.98 Å². The van der Waals surface area contributed by atoms with Gasteiger partial charge >= 0.3 is 0 Å². The number of amidine groups is 1. The third-order valence-corrected chi connectivity index (χ3v) is 3.75. The number of methoxy groups -OCH3 is 2. The van der Waals surface area contributed by atoms with Crippen LogP contribution in [0.4, 0.5) is 0 Å². The van der Waals surface area contributed by atoms with E-state index in [0.29, 0.717) is 33.3 Å². The Balaban J connectivity index is 0.000000968. The minimum atomic E-state index is 0.0821. The predicted octanol–water partition coefficient (Wildman–Crippen LogP) is 6.50. The van der Waals surface area contributed by atoms with Crippen LogP contribution in [0.1, 0.15) is 67.5 Å². The molecule has 0 saturated carbocycles. The van der Waals surface area contributed by atoms with Crippen LogP contribution >= 0.6 is 11.8 Å². The quantitative estimate of drug-likeness (QED) is 0.411. The lowest BCUT2D eigenvalue weighted by molar-refractivity contribution is 0.414. The van der Waals surface area contributed by atoms with Crippen molar-refractivity contribution >= 4 is 32.9 Å². The molecule has 0 aliphatic heterocycles. The van der Waals surface area contributed by atoms with Crippen molar-refractivity contribution in [1.29, 1.82) is 5.41 Å². The SMILES string of the molecule is CC(C)(C)C.CCC.COc1ccc2c(OC)cc(C(=N)SC(N)=NC(C)C)nc2c1. The molecule has 1 aromatic heterocycles. The highest BCUT2D eigenvalue weighted by molar-refractivity contribution is 8.26. The largest absolute Gasteiger partial charge is 0.497 e. The summed E-state index contributed by atoms with van der Waals surface area (Å²) in [6, 6.07) is 7.35. The zero-order valence-corrected chi connectivity index (χ0v) is 21.6. The normalized spacial score (nSPS) is 11.3. The summed E-state index contributed by atoms with van der Waals surface area (Å²) in [4.78, 5) is 8.72. The Labute approximate surface area is 192 Å². The summed E-state index contributed by atoms with van der Waals surface area (Å²) >= 11 is 1.08. The van der Waals surface area contributed by atoms with E-state index in [2.05, 4.69) is 51.5 Å². The molecule has 0 amide bonds. The first-order valence-electron chi connectivity index (χ1n) is 10.5. The molecular formula is C24H40N4O2S. The second kappa shape index (κ2) is 13.9. The Kier molecular flexibility index (Phi) is 12.9. The highest BCUT2D eigenvalue weighted by Crippen LogP contribution is 2.29. The van der Waals surface area contributed by atoms with Gasteiger partial charge in [0.25, 0.3) is 0 Å². The third kappa shape index (κ3) is 12.2. The molecule has 1 heterocycles. The van der Waals surface area contributed by atoms with E-state index in [-0.39, 0.29) is 11.1 Å². The average Bonchev–Trinajstić information content (AvgIpc) is 2.65. The smallest absolute Gasteiger partial charge is 0.160 e. The Morgan fingerprint density at radius 1 is 1.13 bits per heavy atom. The van der Waals surface area contributed by atoms with Gasteiger partial charge in [0.1, 0.15) is 16.5 Å². The lowest BCUT2D eigenvalue weighted by Gasteiger charge is -2.10. The molecule has 0 radical (unpaired) electrons. The van der Waals surface area contributed by atoms with Crippen LogP contribution in [0, 0.1) is 10.8 Å². The molecule has 31 heavy (non-hydrogen) atoms. The number of hydrogen-bond acceptors (Lipinski definition) is 6. The van der Waals surface area contributed by atoms with E-state index in [0.717, 1.165) is 17.1 Å². The molecule has 2 rings (SSSR count). The zero-order chi connectivity index (χ0) is 24.2. The number of nitrogens with zero attached hydrogens (tertiary/aromatic N) is 2. The van der Waals surface area contributed by atoms with Crippen LogP contribution in [-0.2, 0) is 0 Å². The number of hydrogen-bond donors (Lipinski definition) is 2. The van der Waals surface area contributed by atoms with Gasteiger partial charge in [0, 0.05) is 23.6 Å². The number of benzene rings is 1. The third-order valence-electron chi connectivity index (χ3n) is 3.02. The molecule has 1 aromatic carbocycles. The first-order chi connectivity index (χ1) is 14.4. The topological polar surface area (TPSA) is 93.6 Å². The first-order valence-corrected chi connectivity index (χ1v) is 11.3. The predicted molar refractivity (Wildman–Crippen MR) is 137 cm³/mol. The molecule has 0 fully saturated rings. The number of aliphatic imine (C=N–C) groups is 1. The molecule has 0 aliphatic carbocycles. The van der Waals surface area contributed by atoms with Crippen LogP contribution in [0.3, 0.4) is 0 Å². The highest BCUT2D eigenvalue weighted by Gasteiger charge is 2.13. The van der Waals surface area contributed by atoms with Gasteiger partial charge < -0.3 is 15.2 Å². The fourth-order valence-electron chi connectivity index (χ4n) is 2.03. The summed E-state index contributed by atoms with van der Waals surface area (Å²) in [5.74, 6) is 1.35. The number of pyridine rings is 1. The van der Waals surface area contributed by atoms with E-state index < -0.39 is 0 Å². The standard InChI is InChI=1S/C16H20N4O2S.C5H12.C3H8/c1-9(2)19-16(18)23-15(17)13-8-14(22-4)11-6-5-10(21-3)7-12(11)20-13;1-5(2,3)4;1-3-2/h5-9,17H,1-4H3,(H2,18,19);1-4H3;3H2,1-2H3. The van der Waals surface area contributed by atoms with Crippen molar-refractivity contribution in [2.24, 2.45) is 16.1 Å². The lowest BCUT2D eigenvalue weighted by atomic mass is 10.0. The Morgan fingerprint density at radius 2 is 1.68 bits per heavy atom. The van der Waals surface area contributed by atoms with Gasteiger partial charge in [-0.3, -0.25) is 10.4 Å². The summed E-state index contributed by atoms with van der Waals surface area (Å²) in [6.07, 6.45) is 1.25. The van der Waals surface area contributed by atoms with Gasteiger partial charge in [0.2, 0.25) is 0 Å². The van der Waals surface area contributed by atoms with E-state index in [1.807, 2.05) is 32.0 Å². The molecule has 3 N–H and O–H groups in total. The van der Waals surface area contributed by atoms with Gasteiger partial charge in [-0.1, -0.05) is 48.0 Å². The van der Waals surface area contributed by atoms with Crippen molar-refractivity contribution in [2.75, 3.05) is 14.2 Å². The summed E-state index contributed by atoms with van der Waals surface area (Å²) in [7, 11) is 3.19. The van der Waals surface area contributed by atoms with E-state index in [4.69, 9.17) is 20.6 Å². The summed E-state index contributed by atoms with van der Waals surface area (Å²) in [6.45, 7) is 16.9. The Morgan fingerprint density at radius 3 is 2.13 bits per heavy atom. The van der Waals surface area contributed by atoms with Crippen LogP contribution in [-0.4, -0.2) is 35.5 Å². The van der Waals surface area contributed by atoms with E-state index in [9.17, 15) is 0 Å². The minimum Gasteiger partial charge on any atom is -0.497 e. The van der Waals surface area contributed by atoms with Crippen LogP contribution < -0.4 is 15.2 Å². The van der Waals surface area contributed by atoms with Gasteiger partial charge in [0.05, 0.1) is 25.4 Å². The molecule has 174 valence electrons. The van der Waals surface area contributed by atoms with Crippen LogP contribution in [0.5, 0.6) is 11.5 Å². The van der Waals surface area contributed by atoms with Crippen molar-refractivity contribution in [1.82, 2.24) is 4.98 Å². The lowest BCUT2D eigenvalue weighted by Crippen LogP contribution is -2.13. The fourth-order valence-corrected chi connectivity index (χ4v) is 2.71. The molecular weight excluding hydrogens is 408 g/mol. The van der Waals surface area contributed by atoms with E-state index >= 15 is 0 Å². The van der Waals surface area contributed by atoms with E-state index in [1.54, 1.807) is 20.3 Å². The number of thioether (sulfide) groups is 1. The highest BCUT2D eigenvalue weighted by atomic mass is 32.2. The fraction of sp³-hybridized carbons (Fsp3) is 0.542. The second-order valence-corrected chi connectivity index (χ2v) is 9.82. The number of nitrogens with two attached hydrogens (primary N) is 1. The van der Waals surface area contributed by atoms with Crippen molar-refractivity contribution < 1.29 is 9.47 Å². The summed E-state index contributed by atoms with van der Waals surface area (Å²) in [5, 5.41) is 9.62. The number of aromatic nitrogens is 1. The molecule has 0 bridgehead atoms. The van der Waals surface area contributed by atoms with Crippen LogP contribution in [0.15, 0.2) is 29.3 Å². The Hall–Kier alpha value is -2.28. The van der Waals surface area contributed by atoms with Gasteiger partial charge in [-0.05, 0) is 43.2 Å². The minimum absolute atomic E-state index is 0.0821. The maximum absolute atomic E-state index is 8.20. The molecule has 0 spiro atoms. The number of nitrogens with one attached hydrogen (secondary N) is 1. The first kappa shape index (κ1) is 28.7. The maximum Gasteiger partial charge on any atom is 0.160 e. The molecule has 6 nitrogen and oxygen atoms in total. The zero-order valence-electron chi connectivity index (χ0n) is 20.8. The van der Waals surface area contributed by atoms with Crippen molar-refractivity contribution in [3.05, 3.63) is 30.0 Å². The Bertz CT molecular complexity index is 853. The van der Waals surface area contributed by atoms with Gasteiger partial charge in [-0.15, -0.1) is 0 Å².